The summed E-state index contributed by atoms with van der Waals surface area (Å²) in [5.74, 6) is 0.744. The van der Waals surface area contributed by atoms with E-state index in [0.717, 1.165) is 16.9 Å². The van der Waals surface area contributed by atoms with E-state index in [-0.39, 0.29) is 5.97 Å². The van der Waals surface area contributed by atoms with E-state index in [0.29, 0.717) is 19.6 Å². The van der Waals surface area contributed by atoms with Crippen LogP contribution in [0.4, 0.5) is 0 Å². The van der Waals surface area contributed by atoms with Crippen molar-refractivity contribution >= 4 is 17.0 Å². The molecule has 0 radical (unpaired) electrons. The van der Waals surface area contributed by atoms with Gasteiger partial charge in [-0.05, 0) is 46.4 Å². The standard InChI is InChI=1S/C16H23N3O2/c1-5-21-15(20)16(3,17-4)10-11-19-12(2)18-13-8-6-7-9-14(13)19/h6-9,17H,5,10-11H2,1-4H3. The van der Waals surface area contributed by atoms with E-state index in [2.05, 4.69) is 20.9 Å². The van der Waals surface area contributed by atoms with Crippen molar-refractivity contribution in [3.63, 3.8) is 0 Å². The first kappa shape index (κ1) is 15.5. The Labute approximate surface area is 125 Å². The summed E-state index contributed by atoms with van der Waals surface area (Å²) < 4.78 is 7.30. The number of rotatable bonds is 6. The van der Waals surface area contributed by atoms with Crippen LogP contribution in [0.1, 0.15) is 26.1 Å². The zero-order valence-electron chi connectivity index (χ0n) is 13.1. The molecule has 1 atom stereocenters. The summed E-state index contributed by atoms with van der Waals surface area (Å²) in [6, 6.07) is 8.04. The molecule has 2 aromatic rings. The quantitative estimate of drug-likeness (QED) is 0.829. The first-order valence-corrected chi connectivity index (χ1v) is 7.30. The molecular formula is C16H23N3O2. The molecular weight excluding hydrogens is 266 g/mol. The summed E-state index contributed by atoms with van der Waals surface area (Å²) in [6.45, 7) is 6.79. The number of fused-ring (bicyclic) bond motifs is 1. The molecule has 21 heavy (non-hydrogen) atoms. The molecule has 0 aliphatic carbocycles. The number of hydrogen-bond donors (Lipinski definition) is 1. The Morgan fingerprint density at radius 3 is 2.81 bits per heavy atom. The van der Waals surface area contributed by atoms with Crippen molar-refractivity contribution in [2.45, 2.75) is 39.3 Å². The van der Waals surface area contributed by atoms with E-state index in [1.165, 1.54) is 0 Å². The van der Waals surface area contributed by atoms with Gasteiger partial charge in [0.05, 0.1) is 17.6 Å². The highest BCUT2D eigenvalue weighted by atomic mass is 16.5. The Balaban J connectivity index is 2.20. The van der Waals surface area contributed by atoms with Gasteiger partial charge in [0.15, 0.2) is 0 Å². The van der Waals surface area contributed by atoms with Crippen molar-refractivity contribution < 1.29 is 9.53 Å². The highest BCUT2D eigenvalue weighted by Gasteiger charge is 2.32. The molecule has 1 unspecified atom stereocenters. The summed E-state index contributed by atoms with van der Waals surface area (Å²) in [6.07, 6.45) is 0.642. The summed E-state index contributed by atoms with van der Waals surface area (Å²) in [5, 5.41) is 3.08. The van der Waals surface area contributed by atoms with Gasteiger partial charge in [-0.1, -0.05) is 12.1 Å². The van der Waals surface area contributed by atoms with Gasteiger partial charge in [-0.2, -0.15) is 0 Å². The molecule has 1 N–H and O–H groups in total. The van der Waals surface area contributed by atoms with Crippen LogP contribution >= 0.6 is 0 Å². The molecule has 0 amide bonds. The van der Waals surface area contributed by atoms with Crippen LogP contribution in [0.2, 0.25) is 0 Å². The van der Waals surface area contributed by atoms with Gasteiger partial charge in [0.25, 0.3) is 0 Å². The largest absolute Gasteiger partial charge is 0.465 e. The van der Waals surface area contributed by atoms with Crippen LogP contribution in [0.3, 0.4) is 0 Å². The number of esters is 1. The first-order chi connectivity index (χ1) is 10.0. The average Bonchev–Trinajstić information content (AvgIpc) is 2.80. The van der Waals surface area contributed by atoms with Gasteiger partial charge in [0.2, 0.25) is 0 Å². The minimum absolute atomic E-state index is 0.213. The lowest BCUT2D eigenvalue weighted by Crippen LogP contribution is -2.49. The number of benzene rings is 1. The Kier molecular flexibility index (Phi) is 4.63. The van der Waals surface area contributed by atoms with Crippen molar-refractivity contribution in [2.75, 3.05) is 13.7 Å². The molecule has 1 heterocycles. The topological polar surface area (TPSA) is 56.2 Å². The first-order valence-electron chi connectivity index (χ1n) is 7.30. The number of carbonyl (C=O) groups excluding carboxylic acids is 1. The molecule has 0 saturated heterocycles. The molecule has 114 valence electrons. The fourth-order valence-electron chi connectivity index (χ4n) is 2.43. The van der Waals surface area contributed by atoms with Crippen molar-refractivity contribution in [2.24, 2.45) is 0 Å². The fourth-order valence-corrected chi connectivity index (χ4v) is 2.43. The van der Waals surface area contributed by atoms with Crippen molar-refractivity contribution in [3.8, 4) is 0 Å². The van der Waals surface area contributed by atoms with Crippen molar-refractivity contribution in [1.82, 2.24) is 14.9 Å². The lowest BCUT2D eigenvalue weighted by Gasteiger charge is -2.27. The summed E-state index contributed by atoms with van der Waals surface area (Å²) in [4.78, 5) is 16.6. The second kappa shape index (κ2) is 6.26. The third-order valence-corrected chi connectivity index (χ3v) is 3.96. The Bertz CT molecular complexity index is 635. The van der Waals surface area contributed by atoms with Gasteiger partial charge in [-0.15, -0.1) is 0 Å². The van der Waals surface area contributed by atoms with Crippen LogP contribution in [-0.2, 0) is 16.1 Å². The average molecular weight is 289 g/mol. The van der Waals surface area contributed by atoms with E-state index < -0.39 is 5.54 Å². The SMILES string of the molecule is CCOC(=O)C(C)(CCn1c(C)nc2ccccc21)NC. The van der Waals surface area contributed by atoms with Gasteiger partial charge in [0, 0.05) is 6.54 Å². The van der Waals surface area contributed by atoms with Gasteiger partial charge in [0.1, 0.15) is 11.4 Å². The fraction of sp³-hybridized carbons (Fsp3) is 0.500. The lowest BCUT2D eigenvalue weighted by atomic mass is 9.98. The number of imidazole rings is 1. The van der Waals surface area contributed by atoms with Gasteiger partial charge >= 0.3 is 5.97 Å². The monoisotopic (exact) mass is 289 g/mol. The van der Waals surface area contributed by atoms with E-state index >= 15 is 0 Å². The molecule has 0 saturated carbocycles. The predicted octanol–water partition coefficient (Wildman–Crippen LogP) is 2.28. The Morgan fingerprint density at radius 1 is 1.43 bits per heavy atom. The van der Waals surface area contributed by atoms with Crippen molar-refractivity contribution in [1.29, 1.82) is 0 Å². The normalized spacial score (nSPS) is 14.1. The van der Waals surface area contributed by atoms with Crippen LogP contribution in [-0.4, -0.2) is 34.7 Å². The molecule has 0 fully saturated rings. The lowest BCUT2D eigenvalue weighted by molar-refractivity contribution is -0.150. The number of ether oxygens (including phenoxy) is 1. The maximum atomic E-state index is 12.1. The van der Waals surface area contributed by atoms with Gasteiger partial charge in [-0.25, -0.2) is 4.98 Å². The second-order valence-corrected chi connectivity index (χ2v) is 5.35. The summed E-state index contributed by atoms with van der Waals surface area (Å²) in [7, 11) is 1.79. The number of para-hydroxylation sites is 2. The minimum atomic E-state index is -0.687. The van der Waals surface area contributed by atoms with Crippen LogP contribution in [0.25, 0.3) is 11.0 Å². The Hall–Kier alpha value is -1.88. The van der Waals surface area contributed by atoms with E-state index in [4.69, 9.17) is 4.74 Å². The minimum Gasteiger partial charge on any atom is -0.465 e. The third kappa shape index (κ3) is 3.08. The smallest absolute Gasteiger partial charge is 0.326 e. The zero-order chi connectivity index (χ0) is 15.5. The summed E-state index contributed by atoms with van der Waals surface area (Å²) >= 11 is 0. The zero-order valence-corrected chi connectivity index (χ0v) is 13.1. The molecule has 0 spiro atoms. The number of nitrogens with one attached hydrogen (secondary N) is 1. The molecule has 1 aromatic carbocycles. The number of nitrogens with zero attached hydrogens (tertiary/aromatic N) is 2. The van der Waals surface area contributed by atoms with Crippen LogP contribution in [0.5, 0.6) is 0 Å². The number of aryl methyl sites for hydroxylation is 2. The maximum Gasteiger partial charge on any atom is 0.326 e. The maximum absolute atomic E-state index is 12.1. The summed E-state index contributed by atoms with van der Waals surface area (Å²) in [5.41, 5.74) is 1.39. The molecule has 0 bridgehead atoms. The predicted molar refractivity (Wildman–Crippen MR) is 83.2 cm³/mol. The number of carbonyl (C=O) groups is 1. The molecule has 0 aliphatic heterocycles. The van der Waals surface area contributed by atoms with E-state index in [9.17, 15) is 4.79 Å². The molecule has 1 aromatic heterocycles. The third-order valence-electron chi connectivity index (χ3n) is 3.96. The van der Waals surface area contributed by atoms with Crippen LogP contribution in [0, 0.1) is 6.92 Å². The van der Waals surface area contributed by atoms with Crippen molar-refractivity contribution in [3.05, 3.63) is 30.1 Å². The second-order valence-electron chi connectivity index (χ2n) is 5.35. The van der Waals surface area contributed by atoms with Gasteiger partial charge in [-0.3, -0.25) is 4.79 Å². The van der Waals surface area contributed by atoms with Gasteiger partial charge < -0.3 is 14.6 Å². The van der Waals surface area contributed by atoms with Crippen LogP contribution in [0.15, 0.2) is 24.3 Å². The molecule has 0 aliphatic rings. The number of likely N-dealkylation sites (N-methyl/N-ethyl adjacent to an activating group) is 1. The number of aromatic nitrogens is 2. The van der Waals surface area contributed by atoms with E-state index in [1.807, 2.05) is 39.0 Å². The molecule has 5 nitrogen and oxygen atoms in total. The highest BCUT2D eigenvalue weighted by molar-refractivity contribution is 5.80. The molecule has 5 heteroatoms. The van der Waals surface area contributed by atoms with E-state index in [1.54, 1.807) is 7.05 Å². The Morgan fingerprint density at radius 2 is 2.14 bits per heavy atom. The highest BCUT2D eigenvalue weighted by Crippen LogP contribution is 2.19. The number of hydrogen-bond acceptors (Lipinski definition) is 4. The van der Waals surface area contributed by atoms with Crippen LogP contribution < -0.4 is 5.32 Å². The molecule has 2 rings (SSSR count).